The Hall–Kier alpha value is -0.760. The summed E-state index contributed by atoms with van der Waals surface area (Å²) in [5.41, 5.74) is 3.16. The number of hydrogen-bond donors (Lipinski definition) is 1. The monoisotopic (exact) mass is 262 g/mol. The first-order chi connectivity index (χ1) is 9.35. The van der Waals surface area contributed by atoms with Crippen LogP contribution in [0.1, 0.15) is 76.0 Å². The average Bonchev–Trinajstić information content (AvgIpc) is 2.83. The molecule has 108 valence electrons. The van der Waals surface area contributed by atoms with Gasteiger partial charge in [0.25, 0.3) is 0 Å². The Labute approximate surface area is 118 Å². The highest BCUT2D eigenvalue weighted by Crippen LogP contribution is 2.30. The molecule has 2 nitrogen and oxygen atoms in total. The van der Waals surface area contributed by atoms with Crippen LogP contribution >= 0.6 is 0 Å². The molecule has 1 atom stereocenters. The number of aryl methyl sites for hydroxylation is 2. The van der Waals surface area contributed by atoms with Gasteiger partial charge in [-0.15, -0.1) is 0 Å². The Kier molecular flexibility index (Phi) is 5.96. The molecule has 0 aliphatic heterocycles. The van der Waals surface area contributed by atoms with Gasteiger partial charge in [0.2, 0.25) is 0 Å². The van der Waals surface area contributed by atoms with E-state index in [1.54, 1.807) is 11.1 Å². The summed E-state index contributed by atoms with van der Waals surface area (Å²) in [6.45, 7) is 6.77. The predicted molar refractivity (Wildman–Crippen MR) is 82.5 cm³/mol. The third-order valence-electron chi connectivity index (χ3n) is 4.28. The van der Waals surface area contributed by atoms with Gasteiger partial charge in [0.15, 0.2) is 0 Å². The lowest BCUT2D eigenvalue weighted by molar-refractivity contribution is 0.473. The third-order valence-corrected chi connectivity index (χ3v) is 4.28. The van der Waals surface area contributed by atoms with Gasteiger partial charge in [0.1, 0.15) is 0 Å². The molecule has 0 bridgehead atoms. The number of unbranched alkanes of at least 4 members (excludes halogenated alkanes) is 4. The van der Waals surface area contributed by atoms with Gasteiger partial charge in [0, 0.05) is 25.0 Å². The fourth-order valence-corrected chi connectivity index (χ4v) is 3.23. The number of aromatic nitrogens is 1. The highest BCUT2D eigenvalue weighted by atomic mass is 15.0. The summed E-state index contributed by atoms with van der Waals surface area (Å²) in [7, 11) is 0. The molecule has 0 aromatic carbocycles. The molecule has 0 saturated carbocycles. The van der Waals surface area contributed by atoms with Gasteiger partial charge in [-0.25, -0.2) is 0 Å². The standard InChI is InChI=1S/C17H30N2/c1-3-5-6-7-8-12-19-13-15-10-9-11-17(18-4-2)16(15)14-19/h13-14,17-18H,3-12H2,1-2H3. The summed E-state index contributed by atoms with van der Waals surface area (Å²) in [6, 6.07) is 0.607. The summed E-state index contributed by atoms with van der Waals surface area (Å²) in [5.74, 6) is 0. The topological polar surface area (TPSA) is 17.0 Å². The van der Waals surface area contributed by atoms with E-state index >= 15 is 0 Å². The molecule has 0 radical (unpaired) electrons. The number of nitrogens with one attached hydrogen (secondary N) is 1. The summed E-state index contributed by atoms with van der Waals surface area (Å²) < 4.78 is 2.44. The van der Waals surface area contributed by atoms with Gasteiger partial charge in [0.05, 0.1) is 0 Å². The molecule has 2 heteroatoms. The Bertz CT molecular complexity index is 367. The molecular formula is C17H30N2. The zero-order valence-electron chi connectivity index (χ0n) is 12.8. The van der Waals surface area contributed by atoms with E-state index in [-0.39, 0.29) is 0 Å². The quantitative estimate of drug-likeness (QED) is 0.685. The summed E-state index contributed by atoms with van der Waals surface area (Å²) >= 11 is 0. The van der Waals surface area contributed by atoms with Crippen LogP contribution in [-0.2, 0) is 13.0 Å². The lowest BCUT2D eigenvalue weighted by Crippen LogP contribution is -2.23. The molecule has 0 saturated heterocycles. The zero-order chi connectivity index (χ0) is 13.5. The van der Waals surface area contributed by atoms with Crippen LogP contribution < -0.4 is 5.32 Å². The Morgan fingerprint density at radius 1 is 1.16 bits per heavy atom. The van der Waals surface area contributed by atoms with E-state index in [9.17, 15) is 0 Å². The second-order valence-corrected chi connectivity index (χ2v) is 5.89. The molecule has 1 N–H and O–H groups in total. The van der Waals surface area contributed by atoms with E-state index in [1.165, 1.54) is 57.9 Å². The van der Waals surface area contributed by atoms with Gasteiger partial charge in [-0.3, -0.25) is 0 Å². The fourth-order valence-electron chi connectivity index (χ4n) is 3.23. The molecule has 1 aliphatic carbocycles. The molecule has 19 heavy (non-hydrogen) atoms. The lowest BCUT2D eigenvalue weighted by atomic mass is 9.91. The number of fused-ring (bicyclic) bond motifs is 1. The highest BCUT2D eigenvalue weighted by molar-refractivity contribution is 5.30. The summed E-state index contributed by atoms with van der Waals surface area (Å²) in [6.07, 6.45) is 15.6. The van der Waals surface area contributed by atoms with Crippen LogP contribution in [0.5, 0.6) is 0 Å². The Morgan fingerprint density at radius 3 is 2.79 bits per heavy atom. The first kappa shape index (κ1) is 14.6. The summed E-state index contributed by atoms with van der Waals surface area (Å²) in [5, 5.41) is 3.62. The largest absolute Gasteiger partial charge is 0.354 e. The molecule has 0 spiro atoms. The third kappa shape index (κ3) is 4.10. The van der Waals surface area contributed by atoms with Crippen molar-refractivity contribution in [2.75, 3.05) is 6.54 Å². The van der Waals surface area contributed by atoms with Crippen molar-refractivity contribution >= 4 is 0 Å². The predicted octanol–water partition coefficient (Wildman–Crippen LogP) is 4.45. The Balaban J connectivity index is 1.86. The first-order valence-electron chi connectivity index (χ1n) is 8.27. The Morgan fingerprint density at radius 2 is 2.00 bits per heavy atom. The van der Waals surface area contributed by atoms with Crippen LogP contribution in [0.15, 0.2) is 12.4 Å². The van der Waals surface area contributed by atoms with Gasteiger partial charge in [-0.2, -0.15) is 0 Å². The van der Waals surface area contributed by atoms with Crippen LogP contribution in [0.2, 0.25) is 0 Å². The summed E-state index contributed by atoms with van der Waals surface area (Å²) in [4.78, 5) is 0. The minimum absolute atomic E-state index is 0.607. The van der Waals surface area contributed by atoms with Gasteiger partial charge in [-0.05, 0) is 43.4 Å². The number of rotatable bonds is 8. The second kappa shape index (κ2) is 7.74. The maximum absolute atomic E-state index is 3.62. The number of hydrogen-bond acceptors (Lipinski definition) is 1. The maximum atomic E-state index is 3.62. The lowest BCUT2D eigenvalue weighted by Gasteiger charge is -2.22. The second-order valence-electron chi connectivity index (χ2n) is 5.89. The average molecular weight is 262 g/mol. The van der Waals surface area contributed by atoms with Crippen LogP contribution in [-0.4, -0.2) is 11.1 Å². The molecule has 0 amide bonds. The van der Waals surface area contributed by atoms with Crippen LogP contribution in [0.25, 0.3) is 0 Å². The molecule has 1 heterocycles. The molecule has 0 fully saturated rings. The van der Waals surface area contributed by atoms with Gasteiger partial charge >= 0.3 is 0 Å². The van der Waals surface area contributed by atoms with Crippen LogP contribution in [0, 0.1) is 0 Å². The van der Waals surface area contributed by atoms with Crippen molar-refractivity contribution in [2.45, 2.75) is 77.8 Å². The molecule has 1 unspecified atom stereocenters. The van der Waals surface area contributed by atoms with Crippen LogP contribution in [0.4, 0.5) is 0 Å². The normalized spacial score (nSPS) is 18.5. The van der Waals surface area contributed by atoms with Crippen molar-refractivity contribution in [3.63, 3.8) is 0 Å². The SMILES string of the molecule is CCCCCCCn1cc2c(c1)C(NCC)CCC2. The minimum Gasteiger partial charge on any atom is -0.354 e. The van der Waals surface area contributed by atoms with Crippen molar-refractivity contribution in [3.8, 4) is 0 Å². The molecule has 2 rings (SSSR count). The van der Waals surface area contributed by atoms with E-state index in [2.05, 4.69) is 36.1 Å². The van der Waals surface area contributed by atoms with Crippen molar-refractivity contribution < 1.29 is 0 Å². The zero-order valence-corrected chi connectivity index (χ0v) is 12.8. The van der Waals surface area contributed by atoms with E-state index in [4.69, 9.17) is 0 Å². The molecular weight excluding hydrogens is 232 g/mol. The highest BCUT2D eigenvalue weighted by Gasteiger charge is 2.20. The van der Waals surface area contributed by atoms with Crippen LogP contribution in [0.3, 0.4) is 0 Å². The number of nitrogens with zero attached hydrogens (tertiary/aromatic N) is 1. The van der Waals surface area contributed by atoms with Crippen molar-refractivity contribution in [3.05, 3.63) is 23.5 Å². The molecule has 1 aromatic rings. The van der Waals surface area contributed by atoms with E-state index in [0.29, 0.717) is 6.04 Å². The molecule has 1 aromatic heterocycles. The van der Waals surface area contributed by atoms with Gasteiger partial charge in [-0.1, -0.05) is 39.5 Å². The van der Waals surface area contributed by atoms with Crippen molar-refractivity contribution in [1.29, 1.82) is 0 Å². The van der Waals surface area contributed by atoms with E-state index in [1.807, 2.05) is 0 Å². The minimum atomic E-state index is 0.607. The fraction of sp³-hybridized carbons (Fsp3) is 0.765. The van der Waals surface area contributed by atoms with E-state index in [0.717, 1.165) is 6.54 Å². The van der Waals surface area contributed by atoms with E-state index < -0.39 is 0 Å². The molecule has 1 aliphatic rings. The van der Waals surface area contributed by atoms with Crippen molar-refractivity contribution in [2.24, 2.45) is 0 Å². The first-order valence-corrected chi connectivity index (χ1v) is 8.27. The van der Waals surface area contributed by atoms with Gasteiger partial charge < -0.3 is 9.88 Å². The smallest absolute Gasteiger partial charge is 0.0338 e. The van der Waals surface area contributed by atoms with Crippen molar-refractivity contribution in [1.82, 2.24) is 9.88 Å². The maximum Gasteiger partial charge on any atom is 0.0338 e.